The van der Waals surface area contributed by atoms with Crippen molar-refractivity contribution < 1.29 is 9.47 Å². The molecule has 2 aliphatic heterocycles. The van der Waals surface area contributed by atoms with E-state index in [1.54, 1.807) is 13.3 Å². The number of nitrogens with zero attached hydrogens (tertiary/aromatic N) is 5. The molecule has 0 unspecified atom stereocenters. The highest BCUT2D eigenvalue weighted by Crippen LogP contribution is 2.33. The van der Waals surface area contributed by atoms with Gasteiger partial charge in [0, 0.05) is 52.8 Å². The molecule has 2 fully saturated rings. The fraction of sp³-hybridized carbons (Fsp3) is 0.650. The first-order valence-electron chi connectivity index (χ1n) is 10.0. The molecule has 0 saturated carbocycles. The predicted octanol–water partition coefficient (Wildman–Crippen LogP) is 2.63. The lowest BCUT2D eigenvalue weighted by atomic mass is 9.85. The Morgan fingerprint density at radius 2 is 2.04 bits per heavy atom. The summed E-state index contributed by atoms with van der Waals surface area (Å²) in [6, 6.07) is 5.91. The van der Waals surface area contributed by atoms with Crippen LogP contribution in [-0.4, -0.2) is 59.8 Å². The summed E-state index contributed by atoms with van der Waals surface area (Å²) in [5.74, 6) is 3.33. The molecule has 7 heteroatoms. The van der Waals surface area contributed by atoms with Crippen LogP contribution in [0.4, 0.5) is 5.95 Å². The Kier molecular flexibility index (Phi) is 5.99. The molecule has 4 heterocycles. The maximum Gasteiger partial charge on any atom is 0.227 e. The molecular formula is C20H29N5O2. The van der Waals surface area contributed by atoms with Crippen molar-refractivity contribution in [2.45, 2.75) is 32.2 Å². The van der Waals surface area contributed by atoms with Gasteiger partial charge in [-0.1, -0.05) is 6.07 Å². The summed E-state index contributed by atoms with van der Waals surface area (Å²) < 4.78 is 13.0. The van der Waals surface area contributed by atoms with Crippen LogP contribution in [-0.2, 0) is 16.0 Å². The van der Waals surface area contributed by atoms with Crippen LogP contribution in [0.3, 0.4) is 0 Å². The molecule has 2 saturated heterocycles. The van der Waals surface area contributed by atoms with Crippen LogP contribution < -0.4 is 4.90 Å². The quantitative estimate of drug-likeness (QED) is 0.697. The minimum Gasteiger partial charge on any atom is -0.385 e. The zero-order chi connectivity index (χ0) is 18.5. The zero-order valence-corrected chi connectivity index (χ0v) is 16.1. The van der Waals surface area contributed by atoms with Crippen LogP contribution in [0.15, 0.2) is 24.4 Å². The molecule has 2 aliphatic rings. The highest BCUT2D eigenvalue weighted by molar-refractivity contribution is 5.53. The predicted molar refractivity (Wildman–Crippen MR) is 104 cm³/mol. The smallest absolute Gasteiger partial charge is 0.227 e. The lowest BCUT2D eigenvalue weighted by Crippen LogP contribution is -2.28. The molecule has 0 aromatic carbocycles. The first-order valence-corrected chi connectivity index (χ1v) is 10.0. The van der Waals surface area contributed by atoms with E-state index in [1.165, 1.54) is 19.3 Å². The van der Waals surface area contributed by atoms with Crippen molar-refractivity contribution in [2.24, 2.45) is 11.8 Å². The van der Waals surface area contributed by atoms with Gasteiger partial charge in [0.25, 0.3) is 0 Å². The lowest BCUT2D eigenvalue weighted by Gasteiger charge is -2.27. The van der Waals surface area contributed by atoms with Crippen LogP contribution in [0.5, 0.6) is 0 Å². The fourth-order valence-corrected chi connectivity index (χ4v) is 4.33. The summed E-state index contributed by atoms with van der Waals surface area (Å²) in [7, 11) is 1.74. The summed E-state index contributed by atoms with van der Waals surface area (Å²) in [5, 5.41) is 9.06. The molecule has 2 aromatic heterocycles. The van der Waals surface area contributed by atoms with Gasteiger partial charge < -0.3 is 14.4 Å². The molecule has 7 nitrogen and oxygen atoms in total. The van der Waals surface area contributed by atoms with E-state index in [0.29, 0.717) is 0 Å². The van der Waals surface area contributed by atoms with E-state index >= 15 is 0 Å². The summed E-state index contributed by atoms with van der Waals surface area (Å²) in [6.45, 7) is 5.50. The highest BCUT2D eigenvalue weighted by atomic mass is 16.5. The van der Waals surface area contributed by atoms with Gasteiger partial charge in [0.05, 0.1) is 0 Å². The molecule has 27 heavy (non-hydrogen) atoms. The van der Waals surface area contributed by atoms with Gasteiger partial charge in [-0.15, -0.1) is 10.2 Å². The van der Waals surface area contributed by atoms with Crippen molar-refractivity contribution in [3.63, 3.8) is 0 Å². The summed E-state index contributed by atoms with van der Waals surface area (Å²) in [5.41, 5.74) is 0.869. The van der Waals surface area contributed by atoms with Gasteiger partial charge in [0.15, 0.2) is 5.82 Å². The Morgan fingerprint density at radius 1 is 1.15 bits per heavy atom. The van der Waals surface area contributed by atoms with Gasteiger partial charge in [0.2, 0.25) is 5.95 Å². The number of methoxy groups -OCH3 is 1. The largest absolute Gasteiger partial charge is 0.385 e. The van der Waals surface area contributed by atoms with Crippen LogP contribution in [0, 0.1) is 11.8 Å². The minimum atomic E-state index is 0.726. The van der Waals surface area contributed by atoms with E-state index in [0.717, 1.165) is 75.2 Å². The van der Waals surface area contributed by atoms with E-state index in [4.69, 9.17) is 9.47 Å². The molecule has 4 rings (SSSR count). The average molecular weight is 371 g/mol. The van der Waals surface area contributed by atoms with Crippen molar-refractivity contribution >= 4 is 5.95 Å². The van der Waals surface area contributed by atoms with E-state index in [1.807, 2.05) is 18.2 Å². The van der Waals surface area contributed by atoms with Crippen LogP contribution in [0.1, 0.15) is 25.7 Å². The topological polar surface area (TPSA) is 65.3 Å². The first kappa shape index (κ1) is 18.4. The second kappa shape index (κ2) is 8.80. The molecule has 0 aliphatic carbocycles. The molecule has 2 aromatic rings. The summed E-state index contributed by atoms with van der Waals surface area (Å²) in [6.07, 6.45) is 6.35. The van der Waals surface area contributed by atoms with Crippen molar-refractivity contribution in [1.82, 2.24) is 19.7 Å². The van der Waals surface area contributed by atoms with Crippen molar-refractivity contribution in [2.75, 3.05) is 44.9 Å². The molecule has 0 N–H and O–H groups in total. The van der Waals surface area contributed by atoms with E-state index in [9.17, 15) is 0 Å². The van der Waals surface area contributed by atoms with E-state index in [2.05, 4.69) is 24.6 Å². The molecular weight excluding hydrogens is 342 g/mol. The Labute approximate surface area is 160 Å². The fourth-order valence-electron chi connectivity index (χ4n) is 4.33. The molecule has 0 spiro atoms. The monoisotopic (exact) mass is 371 g/mol. The second-order valence-electron chi connectivity index (χ2n) is 7.48. The molecule has 1 atom stereocenters. The van der Waals surface area contributed by atoms with E-state index < -0.39 is 0 Å². The number of pyridine rings is 1. The third-order valence-electron chi connectivity index (χ3n) is 5.80. The number of aromatic nitrogens is 4. The lowest BCUT2D eigenvalue weighted by molar-refractivity contribution is 0.0500. The van der Waals surface area contributed by atoms with E-state index in [-0.39, 0.29) is 0 Å². The van der Waals surface area contributed by atoms with Gasteiger partial charge in [-0.05, 0) is 49.7 Å². The highest BCUT2D eigenvalue weighted by Gasteiger charge is 2.33. The zero-order valence-electron chi connectivity index (χ0n) is 16.1. The maximum absolute atomic E-state index is 5.54. The van der Waals surface area contributed by atoms with Gasteiger partial charge in [0.1, 0.15) is 5.69 Å². The van der Waals surface area contributed by atoms with Crippen molar-refractivity contribution in [3.8, 4) is 11.5 Å². The first-order chi connectivity index (χ1) is 13.4. The number of hydrogen-bond acceptors (Lipinski definition) is 6. The third kappa shape index (κ3) is 4.14. The molecule has 146 valence electrons. The van der Waals surface area contributed by atoms with Crippen LogP contribution >= 0.6 is 0 Å². The Morgan fingerprint density at radius 3 is 2.81 bits per heavy atom. The Hall–Kier alpha value is -1.99. The van der Waals surface area contributed by atoms with Crippen molar-refractivity contribution in [3.05, 3.63) is 24.4 Å². The van der Waals surface area contributed by atoms with Crippen LogP contribution in [0.25, 0.3) is 11.5 Å². The van der Waals surface area contributed by atoms with Gasteiger partial charge in [-0.3, -0.25) is 9.55 Å². The number of ether oxygens (including phenoxy) is 2. The summed E-state index contributed by atoms with van der Waals surface area (Å²) in [4.78, 5) is 6.89. The standard InChI is InChI=1S/C20H29N5O2/c1-26-12-4-10-25-19(18-5-2-3-9-21-18)22-23-20(25)24-11-6-17(15-24)16-7-13-27-14-8-16/h2-3,5,9,16-17H,4,6-8,10-15H2,1H3/t17-/m0/s1. The Bertz CT molecular complexity index is 714. The SMILES string of the molecule is COCCCn1c(-c2ccccn2)nnc1N1CC[C@H](C2CCOCC2)C1. The average Bonchev–Trinajstić information content (AvgIpc) is 3.37. The molecule has 0 bridgehead atoms. The number of anilines is 1. The number of hydrogen-bond donors (Lipinski definition) is 0. The van der Waals surface area contributed by atoms with Crippen molar-refractivity contribution in [1.29, 1.82) is 0 Å². The third-order valence-corrected chi connectivity index (χ3v) is 5.80. The van der Waals surface area contributed by atoms with Gasteiger partial charge >= 0.3 is 0 Å². The molecule has 0 amide bonds. The number of rotatable bonds is 7. The maximum atomic E-state index is 5.54. The van der Waals surface area contributed by atoms with Gasteiger partial charge in [-0.2, -0.15) is 0 Å². The second-order valence-corrected chi connectivity index (χ2v) is 7.48. The Balaban J connectivity index is 1.54. The minimum absolute atomic E-state index is 0.726. The van der Waals surface area contributed by atoms with Crippen LogP contribution in [0.2, 0.25) is 0 Å². The normalized spacial score (nSPS) is 21.1. The van der Waals surface area contributed by atoms with Gasteiger partial charge in [-0.25, -0.2) is 0 Å². The summed E-state index contributed by atoms with van der Waals surface area (Å²) >= 11 is 0. The molecule has 0 radical (unpaired) electrons.